The Morgan fingerprint density at radius 2 is 2.18 bits per heavy atom. The number of nitrogens with two attached hydrogens (primary N) is 1. The molecule has 0 aromatic heterocycles. The molecule has 0 atom stereocenters. The van der Waals surface area contributed by atoms with Gasteiger partial charge in [-0.05, 0) is 31.9 Å². The molecule has 2 N–H and O–H groups in total. The molecule has 17 heavy (non-hydrogen) atoms. The van der Waals surface area contributed by atoms with Crippen LogP contribution in [-0.4, -0.2) is 19.0 Å². The molecule has 1 aliphatic carbocycles. The highest BCUT2D eigenvalue weighted by molar-refractivity contribution is 5.97. The van der Waals surface area contributed by atoms with Gasteiger partial charge in [-0.25, -0.2) is 0 Å². The standard InChI is InChI=1S/C14H19N3/c1-10(2)16-14(15)17(3)13-9-5-7-11-6-4-8-12(11)13/h4-5,7-10H,6H2,1-3H3,(H2,15,16). The van der Waals surface area contributed by atoms with Gasteiger partial charge < -0.3 is 10.6 Å². The number of allylic oxidation sites excluding steroid dienone is 1. The van der Waals surface area contributed by atoms with Crippen molar-refractivity contribution >= 4 is 17.7 Å². The third-order valence-electron chi connectivity index (χ3n) is 2.89. The normalized spacial score (nSPS) is 14.2. The minimum atomic E-state index is 0.213. The van der Waals surface area contributed by atoms with E-state index in [-0.39, 0.29) is 6.04 Å². The lowest BCUT2D eigenvalue weighted by atomic mass is 10.1. The van der Waals surface area contributed by atoms with Crippen LogP contribution in [0.25, 0.3) is 6.08 Å². The molecule has 0 spiro atoms. The van der Waals surface area contributed by atoms with E-state index in [9.17, 15) is 0 Å². The predicted molar refractivity (Wildman–Crippen MR) is 74.3 cm³/mol. The van der Waals surface area contributed by atoms with Crippen LogP contribution in [0.1, 0.15) is 25.0 Å². The highest BCUT2D eigenvalue weighted by Gasteiger charge is 2.14. The van der Waals surface area contributed by atoms with Gasteiger partial charge in [0.1, 0.15) is 0 Å². The molecule has 0 saturated carbocycles. The fourth-order valence-corrected chi connectivity index (χ4v) is 2.04. The Hall–Kier alpha value is -1.77. The van der Waals surface area contributed by atoms with Gasteiger partial charge in [0.15, 0.2) is 5.96 Å². The molecule has 3 heteroatoms. The zero-order valence-electron chi connectivity index (χ0n) is 10.6. The van der Waals surface area contributed by atoms with Gasteiger partial charge in [-0.2, -0.15) is 0 Å². The van der Waals surface area contributed by atoms with E-state index in [2.05, 4.69) is 35.3 Å². The SMILES string of the molecule is CC(C)N=C(N)N(C)c1cccc2c1C=CC2. The Morgan fingerprint density at radius 1 is 1.41 bits per heavy atom. The second-order valence-electron chi connectivity index (χ2n) is 4.60. The summed E-state index contributed by atoms with van der Waals surface area (Å²) in [5.74, 6) is 0.564. The van der Waals surface area contributed by atoms with Gasteiger partial charge in [-0.15, -0.1) is 0 Å². The maximum Gasteiger partial charge on any atom is 0.195 e. The van der Waals surface area contributed by atoms with Gasteiger partial charge in [0.2, 0.25) is 0 Å². The van der Waals surface area contributed by atoms with Crippen molar-refractivity contribution in [3.05, 3.63) is 35.4 Å². The minimum Gasteiger partial charge on any atom is -0.370 e. The first kappa shape index (κ1) is 11.7. The molecule has 1 aromatic rings. The summed E-state index contributed by atoms with van der Waals surface area (Å²) >= 11 is 0. The quantitative estimate of drug-likeness (QED) is 0.625. The Morgan fingerprint density at radius 3 is 2.88 bits per heavy atom. The minimum absolute atomic E-state index is 0.213. The van der Waals surface area contributed by atoms with Crippen LogP contribution in [0.15, 0.2) is 29.3 Å². The van der Waals surface area contributed by atoms with E-state index in [1.165, 1.54) is 11.1 Å². The van der Waals surface area contributed by atoms with Crippen molar-refractivity contribution in [1.82, 2.24) is 0 Å². The first-order valence-electron chi connectivity index (χ1n) is 5.95. The lowest BCUT2D eigenvalue weighted by molar-refractivity contribution is 0.828. The highest BCUT2D eigenvalue weighted by Crippen LogP contribution is 2.29. The number of nitrogens with zero attached hydrogens (tertiary/aromatic N) is 2. The van der Waals surface area contributed by atoms with Crippen molar-refractivity contribution < 1.29 is 0 Å². The number of benzene rings is 1. The monoisotopic (exact) mass is 229 g/mol. The molecule has 90 valence electrons. The summed E-state index contributed by atoms with van der Waals surface area (Å²) in [6.07, 6.45) is 5.35. The van der Waals surface area contributed by atoms with Gasteiger partial charge in [-0.3, -0.25) is 4.99 Å². The predicted octanol–water partition coefficient (Wildman–Crippen LogP) is 2.42. The fraction of sp³-hybridized carbons (Fsp3) is 0.357. The van der Waals surface area contributed by atoms with E-state index < -0.39 is 0 Å². The van der Waals surface area contributed by atoms with Crippen LogP contribution in [-0.2, 0) is 6.42 Å². The second-order valence-corrected chi connectivity index (χ2v) is 4.60. The van der Waals surface area contributed by atoms with E-state index >= 15 is 0 Å². The van der Waals surface area contributed by atoms with Crippen LogP contribution in [0.3, 0.4) is 0 Å². The first-order chi connectivity index (χ1) is 8.09. The molecule has 0 fully saturated rings. The first-order valence-corrected chi connectivity index (χ1v) is 5.95. The van der Waals surface area contributed by atoms with Crippen LogP contribution in [0.4, 0.5) is 5.69 Å². The van der Waals surface area contributed by atoms with Crippen molar-refractivity contribution in [3.63, 3.8) is 0 Å². The summed E-state index contributed by atoms with van der Waals surface area (Å²) in [5.41, 5.74) is 9.73. The molecule has 0 aliphatic heterocycles. The van der Waals surface area contributed by atoms with Gasteiger partial charge in [0, 0.05) is 18.7 Å². The zero-order chi connectivity index (χ0) is 12.4. The molecular formula is C14H19N3. The van der Waals surface area contributed by atoms with E-state index in [4.69, 9.17) is 5.73 Å². The average Bonchev–Trinajstić information content (AvgIpc) is 2.74. The molecule has 1 aromatic carbocycles. The van der Waals surface area contributed by atoms with Crippen molar-refractivity contribution in [2.45, 2.75) is 26.3 Å². The molecule has 0 radical (unpaired) electrons. The van der Waals surface area contributed by atoms with Crippen molar-refractivity contribution in [2.24, 2.45) is 10.7 Å². The van der Waals surface area contributed by atoms with E-state index in [1.54, 1.807) is 0 Å². The van der Waals surface area contributed by atoms with Crippen molar-refractivity contribution in [2.75, 3.05) is 11.9 Å². The molecule has 0 amide bonds. The van der Waals surface area contributed by atoms with Crippen molar-refractivity contribution in [1.29, 1.82) is 0 Å². The van der Waals surface area contributed by atoms with Crippen LogP contribution >= 0.6 is 0 Å². The topological polar surface area (TPSA) is 41.6 Å². The second kappa shape index (κ2) is 4.62. The smallest absolute Gasteiger partial charge is 0.195 e. The number of aliphatic imine (C=N–C) groups is 1. The van der Waals surface area contributed by atoms with Crippen molar-refractivity contribution in [3.8, 4) is 0 Å². The largest absolute Gasteiger partial charge is 0.370 e. The van der Waals surface area contributed by atoms with Gasteiger partial charge >= 0.3 is 0 Å². The third-order valence-corrected chi connectivity index (χ3v) is 2.89. The summed E-state index contributed by atoms with van der Waals surface area (Å²) in [4.78, 5) is 6.33. The Labute approximate surface area is 103 Å². The summed E-state index contributed by atoms with van der Waals surface area (Å²) in [5, 5.41) is 0. The molecule has 2 rings (SSSR count). The summed E-state index contributed by atoms with van der Waals surface area (Å²) in [7, 11) is 1.96. The number of hydrogen-bond donors (Lipinski definition) is 1. The van der Waals surface area contributed by atoms with Gasteiger partial charge in [-0.1, -0.05) is 24.3 Å². The number of fused-ring (bicyclic) bond motifs is 1. The van der Waals surface area contributed by atoms with E-state index in [0.29, 0.717) is 5.96 Å². The van der Waals surface area contributed by atoms with Crippen LogP contribution < -0.4 is 10.6 Å². The number of hydrogen-bond acceptors (Lipinski definition) is 1. The van der Waals surface area contributed by atoms with E-state index in [0.717, 1.165) is 12.1 Å². The number of guanidine groups is 1. The molecular weight excluding hydrogens is 210 g/mol. The molecule has 0 heterocycles. The lowest BCUT2D eigenvalue weighted by Crippen LogP contribution is -2.35. The summed E-state index contributed by atoms with van der Waals surface area (Å²) in [6, 6.07) is 6.52. The zero-order valence-corrected chi connectivity index (χ0v) is 10.6. The van der Waals surface area contributed by atoms with Crippen LogP contribution in [0.2, 0.25) is 0 Å². The maximum absolute atomic E-state index is 6.00. The maximum atomic E-state index is 6.00. The van der Waals surface area contributed by atoms with Crippen LogP contribution in [0.5, 0.6) is 0 Å². The average molecular weight is 229 g/mol. The molecule has 3 nitrogen and oxygen atoms in total. The lowest BCUT2D eigenvalue weighted by Gasteiger charge is -2.21. The third kappa shape index (κ3) is 2.33. The summed E-state index contributed by atoms with van der Waals surface area (Å²) in [6.45, 7) is 4.05. The Bertz CT molecular complexity index is 472. The fourth-order valence-electron chi connectivity index (χ4n) is 2.04. The Kier molecular flexibility index (Phi) is 3.18. The van der Waals surface area contributed by atoms with Gasteiger partial charge in [0.25, 0.3) is 0 Å². The number of anilines is 1. The number of rotatable bonds is 2. The van der Waals surface area contributed by atoms with E-state index in [1.807, 2.05) is 25.8 Å². The van der Waals surface area contributed by atoms with Crippen LogP contribution in [0, 0.1) is 0 Å². The molecule has 0 saturated heterocycles. The molecule has 0 unspecified atom stereocenters. The molecule has 1 aliphatic rings. The van der Waals surface area contributed by atoms with Gasteiger partial charge in [0.05, 0.1) is 5.69 Å². The molecule has 0 bridgehead atoms. The summed E-state index contributed by atoms with van der Waals surface area (Å²) < 4.78 is 0. The highest BCUT2D eigenvalue weighted by atomic mass is 15.2. The Balaban J connectivity index is 2.35.